The van der Waals surface area contributed by atoms with E-state index in [0.717, 1.165) is 22.6 Å². The summed E-state index contributed by atoms with van der Waals surface area (Å²) in [7, 11) is 1.64. The molecule has 26 heavy (non-hydrogen) atoms. The number of nitrogens with one attached hydrogen (secondary N) is 3. The molecular weight excluding hydrogens is 330 g/mol. The molecule has 2 aromatic carbocycles. The van der Waals surface area contributed by atoms with Crippen LogP contribution in [0.2, 0.25) is 0 Å². The molecule has 0 bridgehead atoms. The minimum atomic E-state index is -0.197. The lowest BCUT2D eigenvalue weighted by Crippen LogP contribution is -2.34. The molecule has 1 saturated heterocycles. The van der Waals surface area contributed by atoms with Crippen LogP contribution < -0.4 is 25.6 Å². The molecule has 1 aliphatic heterocycles. The fourth-order valence-electron chi connectivity index (χ4n) is 3.12. The first-order chi connectivity index (χ1) is 12.7. The van der Waals surface area contributed by atoms with E-state index in [4.69, 9.17) is 9.47 Å². The monoisotopic (exact) mass is 355 g/mol. The summed E-state index contributed by atoms with van der Waals surface area (Å²) in [5, 5.41) is 3.03. The quantitative estimate of drug-likeness (QED) is 0.710. The van der Waals surface area contributed by atoms with Crippen molar-refractivity contribution in [2.24, 2.45) is 5.92 Å². The highest BCUT2D eigenvalue weighted by molar-refractivity contribution is 5.80. The van der Waals surface area contributed by atoms with Gasteiger partial charge >= 0.3 is 0 Å². The van der Waals surface area contributed by atoms with Gasteiger partial charge in [-0.1, -0.05) is 24.3 Å². The maximum absolute atomic E-state index is 12.7. The molecular formula is C20H25N3O3. The lowest BCUT2D eigenvalue weighted by atomic mass is 9.94. The number of rotatable bonds is 7. The van der Waals surface area contributed by atoms with Gasteiger partial charge < -0.3 is 14.8 Å². The van der Waals surface area contributed by atoms with Crippen molar-refractivity contribution in [1.29, 1.82) is 0 Å². The van der Waals surface area contributed by atoms with Crippen molar-refractivity contribution in [2.75, 3.05) is 20.3 Å². The molecule has 6 heteroatoms. The zero-order valence-electron chi connectivity index (χ0n) is 15.1. The third-order valence-corrected chi connectivity index (χ3v) is 4.45. The molecule has 6 nitrogen and oxygen atoms in total. The summed E-state index contributed by atoms with van der Waals surface area (Å²) in [6.07, 6.45) is 0. The Balaban J connectivity index is 1.64. The summed E-state index contributed by atoms with van der Waals surface area (Å²) in [6, 6.07) is 15.5. The van der Waals surface area contributed by atoms with E-state index in [2.05, 4.69) is 16.2 Å². The van der Waals surface area contributed by atoms with Crippen LogP contribution in [0.5, 0.6) is 11.5 Å². The topological polar surface area (TPSA) is 71.6 Å². The number of ether oxygens (including phenoxy) is 2. The van der Waals surface area contributed by atoms with Crippen molar-refractivity contribution in [3.05, 3.63) is 59.7 Å². The van der Waals surface area contributed by atoms with E-state index in [9.17, 15) is 4.79 Å². The molecule has 2 atom stereocenters. The standard InChI is InChI=1S/C20H25N3O3/c1-3-26-17-9-4-6-14(10-17)12-21-20(24)18-13-22-23-19(18)15-7-5-8-16(11-15)25-2/h4-11,18-19,22-23H,3,12-13H2,1-2H3,(H,21,24). The fraction of sp³-hybridized carbons (Fsp3) is 0.350. The normalized spacial score (nSPS) is 19.2. The Bertz CT molecular complexity index is 751. The van der Waals surface area contributed by atoms with Crippen molar-refractivity contribution in [1.82, 2.24) is 16.2 Å². The van der Waals surface area contributed by atoms with E-state index >= 15 is 0 Å². The minimum absolute atomic E-state index is 0.0112. The zero-order valence-corrected chi connectivity index (χ0v) is 15.1. The van der Waals surface area contributed by atoms with E-state index < -0.39 is 0 Å². The maximum Gasteiger partial charge on any atom is 0.226 e. The van der Waals surface area contributed by atoms with E-state index in [-0.39, 0.29) is 17.9 Å². The first kappa shape index (κ1) is 18.2. The second-order valence-electron chi connectivity index (χ2n) is 6.18. The van der Waals surface area contributed by atoms with E-state index in [0.29, 0.717) is 19.7 Å². The lowest BCUT2D eigenvalue weighted by molar-refractivity contribution is -0.125. The van der Waals surface area contributed by atoms with Crippen LogP contribution in [0.1, 0.15) is 24.1 Å². The number of methoxy groups -OCH3 is 1. The zero-order chi connectivity index (χ0) is 18.4. The number of carbonyl (C=O) groups is 1. The van der Waals surface area contributed by atoms with Crippen LogP contribution in [0.25, 0.3) is 0 Å². The van der Waals surface area contributed by atoms with Gasteiger partial charge in [-0.15, -0.1) is 0 Å². The first-order valence-electron chi connectivity index (χ1n) is 8.83. The maximum atomic E-state index is 12.7. The third kappa shape index (κ3) is 4.33. The largest absolute Gasteiger partial charge is 0.497 e. The Morgan fingerprint density at radius 2 is 2.00 bits per heavy atom. The molecule has 2 unspecified atom stereocenters. The van der Waals surface area contributed by atoms with Gasteiger partial charge in [0.2, 0.25) is 5.91 Å². The van der Waals surface area contributed by atoms with Gasteiger partial charge in [0.1, 0.15) is 11.5 Å². The molecule has 3 N–H and O–H groups in total. The van der Waals surface area contributed by atoms with Crippen LogP contribution in [0.4, 0.5) is 0 Å². The molecule has 138 valence electrons. The summed E-state index contributed by atoms with van der Waals surface area (Å²) in [4.78, 5) is 12.7. The molecule has 0 aromatic heterocycles. The molecule has 3 rings (SSSR count). The van der Waals surface area contributed by atoms with Gasteiger partial charge in [0.15, 0.2) is 0 Å². The SMILES string of the molecule is CCOc1cccc(CNC(=O)C2CNNC2c2cccc(OC)c2)c1. The fourth-order valence-corrected chi connectivity index (χ4v) is 3.12. The Morgan fingerprint density at radius 3 is 2.81 bits per heavy atom. The number of hydrogen-bond acceptors (Lipinski definition) is 5. The van der Waals surface area contributed by atoms with Gasteiger partial charge in [-0.3, -0.25) is 10.2 Å². The summed E-state index contributed by atoms with van der Waals surface area (Å²) in [5.74, 6) is 1.41. The third-order valence-electron chi connectivity index (χ3n) is 4.45. The Hall–Kier alpha value is -2.57. The molecule has 1 amide bonds. The molecule has 1 aliphatic rings. The van der Waals surface area contributed by atoms with Crippen molar-refractivity contribution in [3.63, 3.8) is 0 Å². The van der Waals surface area contributed by atoms with Gasteiger partial charge in [0, 0.05) is 13.1 Å². The molecule has 0 saturated carbocycles. The van der Waals surface area contributed by atoms with Crippen LogP contribution in [0.3, 0.4) is 0 Å². The number of carbonyl (C=O) groups excluding carboxylic acids is 1. The molecule has 1 fully saturated rings. The van der Waals surface area contributed by atoms with Crippen molar-refractivity contribution < 1.29 is 14.3 Å². The van der Waals surface area contributed by atoms with Crippen LogP contribution in [-0.2, 0) is 11.3 Å². The van der Waals surface area contributed by atoms with Crippen LogP contribution in [-0.4, -0.2) is 26.2 Å². The molecule has 0 spiro atoms. The average Bonchev–Trinajstić information content (AvgIpc) is 3.17. The highest BCUT2D eigenvalue weighted by Crippen LogP contribution is 2.27. The van der Waals surface area contributed by atoms with Crippen molar-refractivity contribution >= 4 is 5.91 Å². The van der Waals surface area contributed by atoms with Crippen molar-refractivity contribution in [2.45, 2.75) is 19.5 Å². The van der Waals surface area contributed by atoms with Crippen LogP contribution in [0, 0.1) is 5.92 Å². The van der Waals surface area contributed by atoms with Crippen LogP contribution in [0.15, 0.2) is 48.5 Å². The molecule has 1 heterocycles. The predicted octanol–water partition coefficient (Wildman–Crippen LogP) is 2.18. The van der Waals surface area contributed by atoms with E-state index in [1.54, 1.807) is 7.11 Å². The molecule has 0 radical (unpaired) electrons. The summed E-state index contributed by atoms with van der Waals surface area (Å²) >= 11 is 0. The predicted molar refractivity (Wildman–Crippen MR) is 99.8 cm³/mol. The Morgan fingerprint density at radius 1 is 1.19 bits per heavy atom. The Labute approximate surface area is 153 Å². The van der Waals surface area contributed by atoms with E-state index in [1.807, 2.05) is 55.5 Å². The summed E-state index contributed by atoms with van der Waals surface area (Å²) < 4.78 is 10.8. The molecule has 2 aromatic rings. The van der Waals surface area contributed by atoms with E-state index in [1.165, 1.54) is 0 Å². The highest BCUT2D eigenvalue weighted by Gasteiger charge is 2.33. The Kier molecular flexibility index (Phi) is 6.09. The summed E-state index contributed by atoms with van der Waals surface area (Å²) in [6.45, 7) is 3.62. The first-order valence-corrected chi connectivity index (χ1v) is 8.83. The second kappa shape index (κ2) is 8.69. The summed E-state index contributed by atoms with van der Waals surface area (Å²) in [5.41, 5.74) is 8.32. The smallest absolute Gasteiger partial charge is 0.226 e. The molecule has 0 aliphatic carbocycles. The van der Waals surface area contributed by atoms with Gasteiger partial charge in [-0.2, -0.15) is 0 Å². The highest BCUT2D eigenvalue weighted by atomic mass is 16.5. The van der Waals surface area contributed by atoms with Gasteiger partial charge in [-0.25, -0.2) is 5.43 Å². The number of amides is 1. The van der Waals surface area contributed by atoms with Crippen LogP contribution >= 0.6 is 0 Å². The van der Waals surface area contributed by atoms with Gasteiger partial charge in [0.05, 0.1) is 25.7 Å². The average molecular weight is 355 g/mol. The minimum Gasteiger partial charge on any atom is -0.497 e. The number of hydrazine groups is 1. The number of benzene rings is 2. The number of hydrogen-bond donors (Lipinski definition) is 3. The van der Waals surface area contributed by atoms with Gasteiger partial charge in [-0.05, 0) is 42.3 Å². The lowest BCUT2D eigenvalue weighted by Gasteiger charge is -2.19. The second-order valence-corrected chi connectivity index (χ2v) is 6.18. The van der Waals surface area contributed by atoms with Gasteiger partial charge in [0.25, 0.3) is 0 Å². The van der Waals surface area contributed by atoms with Crippen molar-refractivity contribution in [3.8, 4) is 11.5 Å².